The van der Waals surface area contributed by atoms with Crippen LogP contribution in [0.3, 0.4) is 0 Å². The molecular weight excluding hydrogens is 384 g/mol. The van der Waals surface area contributed by atoms with Crippen molar-refractivity contribution in [3.8, 4) is 11.1 Å². The zero-order valence-electron chi connectivity index (χ0n) is 15.9. The van der Waals surface area contributed by atoms with E-state index in [-0.39, 0.29) is 0 Å². The summed E-state index contributed by atoms with van der Waals surface area (Å²) < 4.78 is 6.08. The molecular formula is C23H22N2O3S. The van der Waals surface area contributed by atoms with Gasteiger partial charge in [0.25, 0.3) is 5.91 Å². The number of hydroxylamine groups is 1. The van der Waals surface area contributed by atoms with Gasteiger partial charge in [-0.1, -0.05) is 60.7 Å². The number of hydrogen-bond acceptors (Lipinski definition) is 5. The first-order valence-corrected chi connectivity index (χ1v) is 10.3. The Bertz CT molecular complexity index is 1010. The third-order valence-electron chi connectivity index (χ3n) is 4.65. The maximum absolute atomic E-state index is 12.1. The molecule has 148 valence electrons. The van der Waals surface area contributed by atoms with Crippen LogP contribution in [0, 0.1) is 0 Å². The van der Waals surface area contributed by atoms with E-state index in [0.717, 1.165) is 34.7 Å². The number of amides is 1. The van der Waals surface area contributed by atoms with Crippen LogP contribution in [0.2, 0.25) is 0 Å². The lowest BCUT2D eigenvalue weighted by Crippen LogP contribution is -2.17. The predicted molar refractivity (Wildman–Crippen MR) is 113 cm³/mol. The van der Waals surface area contributed by atoms with Crippen molar-refractivity contribution in [2.75, 3.05) is 0 Å². The third kappa shape index (κ3) is 4.85. The highest BCUT2D eigenvalue weighted by Crippen LogP contribution is 2.34. The van der Waals surface area contributed by atoms with Gasteiger partial charge in [-0.2, -0.15) is 0 Å². The maximum atomic E-state index is 12.1. The largest absolute Gasteiger partial charge is 0.474 e. The van der Waals surface area contributed by atoms with E-state index in [4.69, 9.17) is 9.94 Å². The Balaban J connectivity index is 1.48. The second-order valence-electron chi connectivity index (χ2n) is 6.82. The number of rotatable bonds is 8. The molecule has 3 aromatic rings. The minimum atomic E-state index is -0.511. The summed E-state index contributed by atoms with van der Waals surface area (Å²) in [5, 5.41) is 12.5. The number of carbonyl (C=O) groups excluding carboxylic acids is 1. The van der Waals surface area contributed by atoms with Gasteiger partial charge in [0.15, 0.2) is 5.88 Å². The molecule has 1 heterocycles. The minimum Gasteiger partial charge on any atom is -0.474 e. The van der Waals surface area contributed by atoms with Crippen LogP contribution < -0.4 is 10.8 Å². The maximum Gasteiger partial charge on any atom is 0.285 e. The van der Waals surface area contributed by atoms with Crippen molar-refractivity contribution in [2.24, 2.45) is 0 Å². The van der Waals surface area contributed by atoms with E-state index < -0.39 is 5.91 Å². The molecule has 5 nitrogen and oxygen atoms in total. The van der Waals surface area contributed by atoms with Gasteiger partial charge in [0.05, 0.1) is 0 Å². The Labute approximate surface area is 173 Å². The number of ether oxygens (including phenoxy) is 1. The van der Waals surface area contributed by atoms with Crippen molar-refractivity contribution < 1.29 is 14.7 Å². The van der Waals surface area contributed by atoms with E-state index in [1.165, 1.54) is 22.5 Å². The minimum absolute atomic E-state index is 0.365. The summed E-state index contributed by atoms with van der Waals surface area (Å²) in [7, 11) is 0. The summed E-state index contributed by atoms with van der Waals surface area (Å²) >= 11 is 1.33. The molecule has 0 spiro atoms. The molecule has 1 saturated carbocycles. The lowest BCUT2D eigenvalue weighted by molar-refractivity contribution is 0.0711. The zero-order valence-corrected chi connectivity index (χ0v) is 16.7. The molecule has 6 heteroatoms. The number of nitrogens with one attached hydrogen (secondary N) is 2. The highest BCUT2D eigenvalue weighted by Gasteiger charge is 2.21. The monoisotopic (exact) mass is 406 g/mol. The number of thiophene rings is 1. The van der Waals surface area contributed by atoms with E-state index in [1.54, 1.807) is 5.48 Å². The van der Waals surface area contributed by atoms with E-state index in [2.05, 4.69) is 17.4 Å². The summed E-state index contributed by atoms with van der Waals surface area (Å²) in [5.74, 6) is 0.319. The molecule has 0 aliphatic heterocycles. The van der Waals surface area contributed by atoms with Crippen molar-refractivity contribution in [3.05, 3.63) is 93.5 Å². The van der Waals surface area contributed by atoms with Crippen LogP contribution in [0.5, 0.6) is 0 Å². The molecule has 1 aliphatic rings. The lowest BCUT2D eigenvalue weighted by Gasteiger charge is -2.12. The topological polar surface area (TPSA) is 70.6 Å². The number of benzene rings is 2. The fourth-order valence-corrected chi connectivity index (χ4v) is 4.04. The first-order valence-electron chi connectivity index (χ1n) is 9.50. The van der Waals surface area contributed by atoms with Crippen LogP contribution in [0.25, 0.3) is 11.1 Å². The fraction of sp³-hybridized carbons (Fsp3) is 0.174. The fourth-order valence-electron chi connectivity index (χ4n) is 3.05. The molecule has 0 unspecified atom stereocenters. The second-order valence-corrected chi connectivity index (χ2v) is 7.96. The Morgan fingerprint density at radius 3 is 2.38 bits per heavy atom. The Hall–Kier alpha value is -3.09. The van der Waals surface area contributed by atoms with Gasteiger partial charge in [-0.25, -0.2) is 5.48 Å². The first-order chi connectivity index (χ1) is 14.2. The van der Waals surface area contributed by atoms with Crippen molar-refractivity contribution in [1.29, 1.82) is 0 Å². The molecule has 0 radical (unpaired) electrons. The molecule has 4 rings (SSSR count). The average Bonchev–Trinajstić information content (AvgIpc) is 3.53. The number of carbonyl (C=O) groups is 1. The second kappa shape index (κ2) is 8.94. The van der Waals surface area contributed by atoms with Crippen LogP contribution >= 0.6 is 11.3 Å². The quantitative estimate of drug-likeness (QED) is 0.284. The van der Waals surface area contributed by atoms with Crippen molar-refractivity contribution in [2.45, 2.75) is 26.0 Å². The molecule has 1 aliphatic carbocycles. The van der Waals surface area contributed by atoms with Crippen LogP contribution in [0.15, 0.2) is 78.2 Å². The van der Waals surface area contributed by atoms with Gasteiger partial charge < -0.3 is 10.1 Å². The lowest BCUT2D eigenvalue weighted by atomic mass is 10.1. The predicted octanol–water partition coefficient (Wildman–Crippen LogP) is 4.85. The van der Waals surface area contributed by atoms with Gasteiger partial charge in [-0.15, -0.1) is 11.3 Å². The van der Waals surface area contributed by atoms with Crippen molar-refractivity contribution in [3.63, 3.8) is 0 Å². The summed E-state index contributed by atoms with van der Waals surface area (Å²) in [4.78, 5) is 13.5. The van der Waals surface area contributed by atoms with Gasteiger partial charge in [-0.05, 0) is 35.6 Å². The van der Waals surface area contributed by atoms with Gasteiger partial charge in [0.1, 0.15) is 11.5 Å². The summed E-state index contributed by atoms with van der Waals surface area (Å²) in [5.41, 5.74) is 5.94. The highest BCUT2D eigenvalue weighted by atomic mass is 32.1. The van der Waals surface area contributed by atoms with E-state index >= 15 is 0 Å². The molecule has 1 fully saturated rings. The molecule has 3 N–H and O–H groups in total. The van der Waals surface area contributed by atoms with Crippen LogP contribution in [0.4, 0.5) is 0 Å². The normalized spacial score (nSPS) is 12.4. The molecule has 29 heavy (non-hydrogen) atoms. The van der Waals surface area contributed by atoms with Crippen molar-refractivity contribution >= 4 is 17.2 Å². The van der Waals surface area contributed by atoms with E-state index in [0.29, 0.717) is 18.0 Å². The molecule has 2 aromatic carbocycles. The smallest absolute Gasteiger partial charge is 0.285 e. The average molecular weight is 407 g/mol. The van der Waals surface area contributed by atoms with Gasteiger partial charge >= 0.3 is 0 Å². The first kappa shape index (κ1) is 19.2. The SMILES string of the molecule is O=C(NO)c1sc(COC(NCc2ccccc2)=C2CC2)cc1-c1ccccc1. The molecule has 0 saturated heterocycles. The van der Waals surface area contributed by atoms with Gasteiger partial charge in [0, 0.05) is 17.0 Å². The third-order valence-corrected chi connectivity index (χ3v) is 5.76. The zero-order chi connectivity index (χ0) is 20.1. The number of allylic oxidation sites excluding steroid dienone is 1. The van der Waals surface area contributed by atoms with Crippen molar-refractivity contribution in [1.82, 2.24) is 10.8 Å². The van der Waals surface area contributed by atoms with Crippen LogP contribution in [0.1, 0.15) is 33.0 Å². The number of hydrogen-bond donors (Lipinski definition) is 3. The standard InChI is InChI=1S/C23H22N2O3S/c26-22(25-27)21-20(17-9-5-2-6-10-17)13-19(29-21)15-28-23(18-11-12-18)24-14-16-7-3-1-4-8-16/h1-10,13,24,27H,11-12,14-15H2,(H,25,26). The summed E-state index contributed by atoms with van der Waals surface area (Å²) in [6, 6.07) is 21.8. The Morgan fingerprint density at radius 1 is 1.03 bits per heavy atom. The van der Waals surface area contributed by atoms with Gasteiger partial charge in [-0.3, -0.25) is 10.0 Å². The van der Waals surface area contributed by atoms with E-state index in [9.17, 15) is 4.79 Å². The van der Waals surface area contributed by atoms with Crippen LogP contribution in [-0.4, -0.2) is 11.1 Å². The van der Waals surface area contributed by atoms with E-state index in [1.807, 2.05) is 54.6 Å². The summed E-state index contributed by atoms with van der Waals surface area (Å²) in [6.07, 6.45) is 2.10. The molecule has 1 amide bonds. The summed E-state index contributed by atoms with van der Waals surface area (Å²) in [6.45, 7) is 1.07. The molecule has 0 bridgehead atoms. The van der Waals surface area contributed by atoms with Gasteiger partial charge in [0.2, 0.25) is 0 Å². The molecule has 1 aromatic heterocycles. The Morgan fingerprint density at radius 2 is 1.72 bits per heavy atom. The molecule has 0 atom stereocenters. The van der Waals surface area contributed by atoms with Crippen LogP contribution in [-0.2, 0) is 17.9 Å². The highest BCUT2D eigenvalue weighted by molar-refractivity contribution is 7.14. The Kier molecular flexibility index (Phi) is 5.93.